The Balaban J connectivity index is 1.93. The molecule has 1 unspecified atom stereocenters. The van der Waals surface area contributed by atoms with Gasteiger partial charge in [-0.15, -0.1) is 0 Å². The molecule has 0 aliphatic carbocycles. The van der Waals surface area contributed by atoms with Crippen molar-refractivity contribution in [1.82, 2.24) is 4.90 Å². The summed E-state index contributed by atoms with van der Waals surface area (Å²) >= 11 is 0. The zero-order valence-electron chi connectivity index (χ0n) is 11.3. The van der Waals surface area contributed by atoms with Crippen molar-refractivity contribution in [2.45, 2.75) is 39.0 Å². The van der Waals surface area contributed by atoms with E-state index in [9.17, 15) is 8.78 Å². The summed E-state index contributed by atoms with van der Waals surface area (Å²) in [5.74, 6) is 0.193. The number of rotatable bonds is 5. The molecule has 0 saturated carbocycles. The SMILES string of the molecule is CC(C)N1CCC(Nc2cccc(OC(F)F)c2)C1. The maximum Gasteiger partial charge on any atom is 0.387 e. The van der Waals surface area contributed by atoms with Gasteiger partial charge in [0, 0.05) is 36.9 Å². The average Bonchev–Trinajstić information content (AvgIpc) is 2.77. The number of nitrogens with one attached hydrogen (secondary N) is 1. The standard InChI is InChI=1S/C14H20F2N2O/c1-10(2)18-7-6-12(9-18)17-11-4-3-5-13(8-11)19-14(15)16/h3-5,8,10,12,14,17H,6-7,9H2,1-2H3. The van der Waals surface area contributed by atoms with Crippen LogP contribution in [0.1, 0.15) is 20.3 Å². The number of benzene rings is 1. The smallest absolute Gasteiger partial charge is 0.387 e. The van der Waals surface area contributed by atoms with Gasteiger partial charge in [-0.3, -0.25) is 4.90 Å². The minimum atomic E-state index is -2.78. The van der Waals surface area contributed by atoms with Gasteiger partial charge in [-0.1, -0.05) is 6.07 Å². The normalized spacial score (nSPS) is 20.2. The van der Waals surface area contributed by atoms with Crippen molar-refractivity contribution in [1.29, 1.82) is 0 Å². The van der Waals surface area contributed by atoms with Crippen LogP contribution < -0.4 is 10.1 Å². The van der Waals surface area contributed by atoms with E-state index in [4.69, 9.17) is 0 Å². The van der Waals surface area contributed by atoms with Gasteiger partial charge in [0.15, 0.2) is 0 Å². The Morgan fingerprint density at radius 2 is 2.16 bits per heavy atom. The van der Waals surface area contributed by atoms with Gasteiger partial charge in [0.2, 0.25) is 0 Å². The van der Waals surface area contributed by atoms with Gasteiger partial charge in [-0.05, 0) is 32.4 Å². The lowest BCUT2D eigenvalue weighted by atomic mass is 10.2. The van der Waals surface area contributed by atoms with Gasteiger partial charge in [-0.2, -0.15) is 8.78 Å². The summed E-state index contributed by atoms with van der Waals surface area (Å²) in [5, 5.41) is 3.37. The number of likely N-dealkylation sites (tertiary alicyclic amines) is 1. The monoisotopic (exact) mass is 270 g/mol. The van der Waals surface area contributed by atoms with Crippen LogP contribution in [0.3, 0.4) is 0 Å². The Bertz CT molecular complexity index is 412. The number of ether oxygens (including phenoxy) is 1. The van der Waals surface area contributed by atoms with Crippen molar-refractivity contribution in [2.75, 3.05) is 18.4 Å². The van der Waals surface area contributed by atoms with Crippen LogP contribution in [0.25, 0.3) is 0 Å². The quantitative estimate of drug-likeness (QED) is 0.889. The summed E-state index contributed by atoms with van der Waals surface area (Å²) in [6.45, 7) is 3.64. The molecule has 0 bridgehead atoms. The first-order valence-corrected chi connectivity index (χ1v) is 6.60. The molecule has 5 heteroatoms. The zero-order chi connectivity index (χ0) is 13.8. The van der Waals surface area contributed by atoms with E-state index < -0.39 is 6.61 Å². The summed E-state index contributed by atoms with van der Waals surface area (Å²) in [6.07, 6.45) is 1.07. The lowest BCUT2D eigenvalue weighted by Gasteiger charge is -2.21. The van der Waals surface area contributed by atoms with E-state index in [2.05, 4.69) is 28.8 Å². The van der Waals surface area contributed by atoms with Crippen LogP contribution in [0.4, 0.5) is 14.5 Å². The highest BCUT2D eigenvalue weighted by Gasteiger charge is 2.23. The fourth-order valence-electron chi connectivity index (χ4n) is 2.37. The molecule has 0 spiro atoms. The maximum atomic E-state index is 12.1. The highest BCUT2D eigenvalue weighted by Crippen LogP contribution is 2.22. The summed E-state index contributed by atoms with van der Waals surface area (Å²) in [4.78, 5) is 2.40. The largest absolute Gasteiger partial charge is 0.435 e. The van der Waals surface area contributed by atoms with Crippen LogP contribution >= 0.6 is 0 Å². The first-order chi connectivity index (χ1) is 9.04. The molecular formula is C14H20F2N2O. The van der Waals surface area contributed by atoms with Gasteiger partial charge >= 0.3 is 6.61 Å². The molecule has 1 fully saturated rings. The second-order valence-electron chi connectivity index (χ2n) is 5.12. The second-order valence-corrected chi connectivity index (χ2v) is 5.12. The van der Waals surface area contributed by atoms with Crippen LogP contribution in [0, 0.1) is 0 Å². The van der Waals surface area contributed by atoms with Gasteiger partial charge in [-0.25, -0.2) is 0 Å². The van der Waals surface area contributed by atoms with Crippen molar-refractivity contribution in [2.24, 2.45) is 0 Å². The van der Waals surface area contributed by atoms with E-state index in [1.54, 1.807) is 12.1 Å². The van der Waals surface area contributed by atoms with Crippen molar-refractivity contribution >= 4 is 5.69 Å². The van der Waals surface area contributed by atoms with E-state index >= 15 is 0 Å². The molecule has 1 N–H and O–H groups in total. The molecule has 1 aromatic carbocycles. The fourth-order valence-corrected chi connectivity index (χ4v) is 2.37. The van der Waals surface area contributed by atoms with E-state index in [0.29, 0.717) is 12.1 Å². The third-order valence-electron chi connectivity index (χ3n) is 3.38. The van der Waals surface area contributed by atoms with Gasteiger partial charge < -0.3 is 10.1 Å². The van der Waals surface area contributed by atoms with Crippen molar-refractivity contribution in [3.05, 3.63) is 24.3 Å². The highest BCUT2D eigenvalue weighted by molar-refractivity contribution is 5.49. The predicted octanol–water partition coefficient (Wildman–Crippen LogP) is 3.18. The Kier molecular flexibility index (Phi) is 4.58. The fraction of sp³-hybridized carbons (Fsp3) is 0.571. The number of anilines is 1. The minimum absolute atomic E-state index is 0.193. The van der Waals surface area contributed by atoms with Crippen LogP contribution in [0.2, 0.25) is 0 Å². The predicted molar refractivity (Wildman–Crippen MR) is 71.8 cm³/mol. The van der Waals surface area contributed by atoms with E-state index in [0.717, 1.165) is 25.2 Å². The molecule has 1 atom stereocenters. The van der Waals surface area contributed by atoms with Crippen LogP contribution in [0.5, 0.6) is 5.75 Å². The summed E-state index contributed by atoms with van der Waals surface area (Å²) in [5.41, 5.74) is 0.828. The molecule has 1 aromatic rings. The number of nitrogens with zero attached hydrogens (tertiary/aromatic N) is 1. The van der Waals surface area contributed by atoms with E-state index in [-0.39, 0.29) is 5.75 Å². The molecule has 1 heterocycles. The first-order valence-electron chi connectivity index (χ1n) is 6.60. The Labute approximate surface area is 112 Å². The number of hydrogen-bond donors (Lipinski definition) is 1. The highest BCUT2D eigenvalue weighted by atomic mass is 19.3. The lowest BCUT2D eigenvalue weighted by Crippen LogP contribution is -2.31. The van der Waals surface area contributed by atoms with Crippen LogP contribution in [-0.2, 0) is 0 Å². The second kappa shape index (κ2) is 6.19. The molecule has 19 heavy (non-hydrogen) atoms. The molecule has 106 valence electrons. The first kappa shape index (κ1) is 14.1. The molecule has 0 radical (unpaired) electrons. The summed E-state index contributed by atoms with van der Waals surface area (Å²) in [7, 11) is 0. The molecule has 1 aliphatic rings. The van der Waals surface area contributed by atoms with Crippen molar-refractivity contribution in [3.63, 3.8) is 0 Å². The Morgan fingerprint density at radius 1 is 1.37 bits per heavy atom. The van der Waals surface area contributed by atoms with Gasteiger partial charge in [0.05, 0.1) is 0 Å². The van der Waals surface area contributed by atoms with Crippen molar-refractivity contribution in [3.8, 4) is 5.75 Å². The van der Waals surface area contributed by atoms with Crippen LogP contribution in [-0.4, -0.2) is 36.7 Å². The van der Waals surface area contributed by atoms with Gasteiger partial charge in [0.1, 0.15) is 5.75 Å². The van der Waals surface area contributed by atoms with Crippen LogP contribution in [0.15, 0.2) is 24.3 Å². The molecule has 0 aromatic heterocycles. The molecule has 1 aliphatic heterocycles. The zero-order valence-corrected chi connectivity index (χ0v) is 11.3. The Hall–Kier alpha value is -1.36. The molecular weight excluding hydrogens is 250 g/mol. The van der Waals surface area contributed by atoms with Gasteiger partial charge in [0.25, 0.3) is 0 Å². The van der Waals surface area contributed by atoms with Crippen molar-refractivity contribution < 1.29 is 13.5 Å². The lowest BCUT2D eigenvalue weighted by molar-refractivity contribution is -0.0498. The van der Waals surface area contributed by atoms with E-state index in [1.807, 2.05) is 6.07 Å². The Morgan fingerprint density at radius 3 is 2.79 bits per heavy atom. The molecule has 3 nitrogen and oxygen atoms in total. The average molecular weight is 270 g/mol. The van der Waals surface area contributed by atoms with E-state index in [1.165, 1.54) is 6.07 Å². The number of halogens is 2. The number of hydrogen-bond acceptors (Lipinski definition) is 3. The molecule has 0 amide bonds. The third kappa shape index (κ3) is 4.06. The third-order valence-corrected chi connectivity index (χ3v) is 3.38. The summed E-state index contributed by atoms with van der Waals surface area (Å²) < 4.78 is 28.7. The molecule has 1 saturated heterocycles. The molecule has 2 rings (SSSR count). The maximum absolute atomic E-state index is 12.1. The number of alkyl halides is 2. The topological polar surface area (TPSA) is 24.5 Å². The summed E-state index contributed by atoms with van der Waals surface area (Å²) in [6, 6.07) is 7.65. The minimum Gasteiger partial charge on any atom is -0.435 e.